The molecular weight excluding hydrogens is 242 g/mol. The molecule has 0 aliphatic heterocycles. The minimum Gasteiger partial charge on any atom is -0.310 e. The van der Waals surface area contributed by atoms with Gasteiger partial charge in [0.1, 0.15) is 0 Å². The fourth-order valence-corrected chi connectivity index (χ4v) is 3.45. The lowest BCUT2D eigenvalue weighted by atomic mass is 9.81. The largest absolute Gasteiger partial charge is 0.310 e. The highest BCUT2D eigenvalue weighted by molar-refractivity contribution is 5.24. The zero-order valence-electron chi connectivity index (χ0n) is 13.5. The molecule has 1 N–H and O–H groups in total. The van der Waals surface area contributed by atoms with E-state index < -0.39 is 0 Å². The average molecular weight is 273 g/mol. The first kappa shape index (κ1) is 15.6. The molecule has 1 aromatic carbocycles. The van der Waals surface area contributed by atoms with Gasteiger partial charge < -0.3 is 5.32 Å². The fraction of sp³-hybridized carbons (Fsp3) is 0.684. The third-order valence-electron chi connectivity index (χ3n) is 5.08. The summed E-state index contributed by atoms with van der Waals surface area (Å²) in [5.41, 5.74) is 2.79. The molecule has 1 nitrogen and oxygen atoms in total. The van der Waals surface area contributed by atoms with Crippen molar-refractivity contribution in [1.82, 2.24) is 5.32 Å². The standard InChI is InChI=1S/C19H31N/c1-4-16-8-10-17(11-9-16)14-20-19(5-2)18-12-6-15(3)7-13-18/h6-7,12-13,16-17,19-20H,4-5,8-11,14H2,1-3H3. The van der Waals surface area contributed by atoms with Crippen molar-refractivity contribution in [2.75, 3.05) is 6.54 Å². The lowest BCUT2D eigenvalue weighted by Crippen LogP contribution is -2.29. The Hall–Kier alpha value is -0.820. The van der Waals surface area contributed by atoms with Crippen molar-refractivity contribution in [2.45, 2.75) is 65.3 Å². The van der Waals surface area contributed by atoms with Gasteiger partial charge in [0.25, 0.3) is 0 Å². The number of hydrogen-bond acceptors (Lipinski definition) is 1. The molecule has 0 bridgehead atoms. The minimum atomic E-state index is 0.527. The zero-order chi connectivity index (χ0) is 14.4. The summed E-state index contributed by atoms with van der Waals surface area (Å²) in [6.45, 7) is 7.98. The molecule has 1 aliphatic carbocycles. The van der Waals surface area contributed by atoms with E-state index in [1.807, 2.05) is 0 Å². The molecule has 20 heavy (non-hydrogen) atoms. The third-order valence-corrected chi connectivity index (χ3v) is 5.08. The van der Waals surface area contributed by atoms with Crippen molar-refractivity contribution in [3.63, 3.8) is 0 Å². The Morgan fingerprint density at radius 3 is 2.15 bits per heavy atom. The molecule has 1 atom stereocenters. The quantitative estimate of drug-likeness (QED) is 0.746. The molecule has 0 spiro atoms. The number of nitrogens with one attached hydrogen (secondary N) is 1. The van der Waals surface area contributed by atoms with Crippen molar-refractivity contribution in [3.8, 4) is 0 Å². The van der Waals surface area contributed by atoms with Crippen LogP contribution in [0.1, 0.15) is 69.5 Å². The van der Waals surface area contributed by atoms with Crippen molar-refractivity contribution in [3.05, 3.63) is 35.4 Å². The van der Waals surface area contributed by atoms with Gasteiger partial charge in [-0.3, -0.25) is 0 Å². The molecule has 112 valence electrons. The van der Waals surface area contributed by atoms with Gasteiger partial charge in [0.15, 0.2) is 0 Å². The second-order valence-corrected chi connectivity index (χ2v) is 6.57. The Labute approximate surface area is 125 Å². The first-order valence-electron chi connectivity index (χ1n) is 8.52. The van der Waals surface area contributed by atoms with Crippen LogP contribution in [0, 0.1) is 18.8 Å². The van der Waals surface area contributed by atoms with Gasteiger partial charge in [0.05, 0.1) is 0 Å². The predicted molar refractivity (Wildman–Crippen MR) is 88.0 cm³/mol. The van der Waals surface area contributed by atoms with Crippen LogP contribution in [-0.2, 0) is 0 Å². The van der Waals surface area contributed by atoms with Crippen LogP contribution in [0.5, 0.6) is 0 Å². The first-order valence-corrected chi connectivity index (χ1v) is 8.52. The van der Waals surface area contributed by atoms with E-state index in [4.69, 9.17) is 0 Å². The van der Waals surface area contributed by atoms with E-state index in [-0.39, 0.29) is 0 Å². The summed E-state index contributed by atoms with van der Waals surface area (Å²) in [4.78, 5) is 0. The second kappa shape index (κ2) is 7.83. The topological polar surface area (TPSA) is 12.0 Å². The fourth-order valence-electron chi connectivity index (χ4n) is 3.45. The Bertz CT molecular complexity index is 373. The molecule has 2 rings (SSSR count). The Morgan fingerprint density at radius 2 is 1.60 bits per heavy atom. The van der Waals surface area contributed by atoms with Gasteiger partial charge in [-0.15, -0.1) is 0 Å². The Morgan fingerprint density at radius 1 is 1.00 bits per heavy atom. The van der Waals surface area contributed by atoms with Crippen molar-refractivity contribution < 1.29 is 0 Å². The average Bonchev–Trinajstić information content (AvgIpc) is 2.50. The molecule has 0 heterocycles. The summed E-state index contributed by atoms with van der Waals surface area (Å²) in [7, 11) is 0. The van der Waals surface area contributed by atoms with Crippen molar-refractivity contribution >= 4 is 0 Å². The molecule has 1 saturated carbocycles. The molecule has 1 unspecified atom stereocenters. The highest BCUT2D eigenvalue weighted by Crippen LogP contribution is 2.30. The van der Waals surface area contributed by atoms with E-state index in [0.717, 1.165) is 11.8 Å². The van der Waals surface area contributed by atoms with Crippen LogP contribution in [0.4, 0.5) is 0 Å². The van der Waals surface area contributed by atoms with E-state index in [1.165, 1.54) is 56.2 Å². The van der Waals surface area contributed by atoms with Gasteiger partial charge in [-0.25, -0.2) is 0 Å². The van der Waals surface area contributed by atoms with E-state index in [9.17, 15) is 0 Å². The van der Waals surface area contributed by atoms with Crippen LogP contribution in [0.15, 0.2) is 24.3 Å². The molecule has 1 fully saturated rings. The van der Waals surface area contributed by atoms with Crippen LogP contribution >= 0.6 is 0 Å². The third kappa shape index (κ3) is 4.34. The molecule has 1 aliphatic rings. The summed E-state index contributed by atoms with van der Waals surface area (Å²) in [6, 6.07) is 9.55. The van der Waals surface area contributed by atoms with Crippen molar-refractivity contribution in [2.24, 2.45) is 11.8 Å². The summed E-state index contributed by atoms with van der Waals surface area (Å²) in [6.07, 6.45) is 8.30. The zero-order valence-corrected chi connectivity index (χ0v) is 13.5. The molecule has 0 radical (unpaired) electrons. The van der Waals surface area contributed by atoms with Gasteiger partial charge in [-0.2, -0.15) is 0 Å². The summed E-state index contributed by atoms with van der Waals surface area (Å²) < 4.78 is 0. The minimum absolute atomic E-state index is 0.527. The van der Waals surface area contributed by atoms with E-state index in [2.05, 4.69) is 50.4 Å². The Kier molecular flexibility index (Phi) is 6.09. The normalized spacial score (nSPS) is 24.6. The lowest BCUT2D eigenvalue weighted by Gasteiger charge is -2.29. The summed E-state index contributed by atoms with van der Waals surface area (Å²) in [5, 5.41) is 3.81. The van der Waals surface area contributed by atoms with Crippen LogP contribution in [-0.4, -0.2) is 6.54 Å². The molecule has 1 aromatic rings. The van der Waals surface area contributed by atoms with Gasteiger partial charge in [-0.05, 0) is 50.1 Å². The van der Waals surface area contributed by atoms with Gasteiger partial charge >= 0.3 is 0 Å². The molecule has 0 aromatic heterocycles. The smallest absolute Gasteiger partial charge is 0.0317 e. The summed E-state index contributed by atoms with van der Waals surface area (Å²) >= 11 is 0. The summed E-state index contributed by atoms with van der Waals surface area (Å²) in [5.74, 6) is 1.91. The van der Waals surface area contributed by atoms with Gasteiger partial charge in [-0.1, -0.05) is 62.9 Å². The maximum absolute atomic E-state index is 3.81. The van der Waals surface area contributed by atoms with Gasteiger partial charge in [0.2, 0.25) is 0 Å². The van der Waals surface area contributed by atoms with Crippen LogP contribution in [0.3, 0.4) is 0 Å². The van der Waals surface area contributed by atoms with E-state index in [1.54, 1.807) is 0 Å². The number of hydrogen-bond donors (Lipinski definition) is 1. The monoisotopic (exact) mass is 273 g/mol. The lowest BCUT2D eigenvalue weighted by molar-refractivity contribution is 0.256. The second-order valence-electron chi connectivity index (χ2n) is 6.57. The maximum Gasteiger partial charge on any atom is 0.0317 e. The molecule has 0 amide bonds. The Balaban J connectivity index is 1.81. The molecular formula is C19H31N. The first-order chi connectivity index (χ1) is 9.72. The predicted octanol–water partition coefficient (Wildman–Crippen LogP) is 5.25. The SMILES string of the molecule is CCC1CCC(CNC(CC)c2ccc(C)cc2)CC1. The van der Waals surface area contributed by atoms with E-state index in [0.29, 0.717) is 6.04 Å². The highest BCUT2D eigenvalue weighted by Gasteiger charge is 2.20. The number of benzene rings is 1. The highest BCUT2D eigenvalue weighted by atomic mass is 14.9. The number of rotatable bonds is 6. The van der Waals surface area contributed by atoms with Crippen LogP contribution in [0.25, 0.3) is 0 Å². The van der Waals surface area contributed by atoms with E-state index >= 15 is 0 Å². The maximum atomic E-state index is 3.81. The van der Waals surface area contributed by atoms with Crippen LogP contribution in [0.2, 0.25) is 0 Å². The van der Waals surface area contributed by atoms with Crippen LogP contribution < -0.4 is 5.32 Å². The van der Waals surface area contributed by atoms with Gasteiger partial charge in [0, 0.05) is 6.04 Å². The molecule has 0 saturated heterocycles. The number of aryl methyl sites for hydroxylation is 1. The van der Waals surface area contributed by atoms with Crippen molar-refractivity contribution in [1.29, 1.82) is 0 Å². The molecule has 1 heteroatoms.